The smallest absolute Gasteiger partial charge is 0.248 e. The van der Waals surface area contributed by atoms with Gasteiger partial charge in [-0.3, -0.25) is 9.79 Å². The summed E-state index contributed by atoms with van der Waals surface area (Å²) in [5.41, 5.74) is 5.40. The summed E-state index contributed by atoms with van der Waals surface area (Å²) in [5, 5.41) is 0. The average molecular weight is 138 g/mol. The molecular weight excluding hydrogens is 128 g/mol. The summed E-state index contributed by atoms with van der Waals surface area (Å²) in [4.78, 5) is 13.9. The maximum Gasteiger partial charge on any atom is 0.248 e. The summed E-state index contributed by atoms with van der Waals surface area (Å²) in [6.45, 7) is 4.94. The van der Waals surface area contributed by atoms with Gasteiger partial charge in [-0.15, -0.1) is 0 Å². The summed E-state index contributed by atoms with van der Waals surface area (Å²) in [6, 6.07) is 0. The van der Waals surface area contributed by atoms with Crippen LogP contribution in [-0.4, -0.2) is 12.6 Å². The second kappa shape index (κ2) is 4.49. The van der Waals surface area contributed by atoms with Crippen molar-refractivity contribution in [3.8, 4) is 0 Å². The molecule has 0 unspecified atom stereocenters. The molecule has 2 N–H and O–H groups in total. The third-order valence-corrected chi connectivity index (χ3v) is 0.955. The number of carbonyl (C=O) groups excluding carboxylic acids is 1. The van der Waals surface area contributed by atoms with Crippen molar-refractivity contribution in [1.82, 2.24) is 0 Å². The molecule has 54 valence electrons. The molecule has 0 radical (unpaired) electrons. The molecule has 1 amide bonds. The maximum atomic E-state index is 10.5. The van der Waals surface area contributed by atoms with E-state index in [1.165, 1.54) is 12.3 Å². The van der Waals surface area contributed by atoms with Crippen molar-refractivity contribution >= 4 is 12.6 Å². The number of carbonyl (C=O) groups is 1. The monoisotopic (exact) mass is 138 g/mol. The molecule has 0 saturated carbocycles. The van der Waals surface area contributed by atoms with E-state index < -0.39 is 5.91 Å². The third-order valence-electron chi connectivity index (χ3n) is 0.955. The van der Waals surface area contributed by atoms with Gasteiger partial charge in [0.25, 0.3) is 0 Å². The van der Waals surface area contributed by atoms with Gasteiger partial charge in [0, 0.05) is 11.8 Å². The number of nitrogens with zero attached hydrogens (tertiary/aromatic N) is 1. The lowest BCUT2D eigenvalue weighted by atomic mass is 10.2. The Morgan fingerprint density at radius 3 is 2.60 bits per heavy atom. The Kier molecular flexibility index (Phi) is 3.87. The molecule has 3 nitrogen and oxygen atoms in total. The van der Waals surface area contributed by atoms with Crippen LogP contribution in [0.15, 0.2) is 28.9 Å². The van der Waals surface area contributed by atoms with Gasteiger partial charge in [-0.05, 0) is 19.7 Å². The zero-order chi connectivity index (χ0) is 7.98. The van der Waals surface area contributed by atoms with E-state index in [9.17, 15) is 4.79 Å². The lowest BCUT2D eigenvalue weighted by Crippen LogP contribution is -2.11. The molecule has 0 atom stereocenters. The Hall–Kier alpha value is -1.38. The number of allylic oxidation sites excluding steroid dienone is 1. The minimum atomic E-state index is -0.456. The van der Waals surface area contributed by atoms with Crippen LogP contribution < -0.4 is 5.73 Å². The van der Waals surface area contributed by atoms with Crippen LogP contribution in [-0.2, 0) is 4.79 Å². The molecule has 0 aromatic carbocycles. The fourth-order valence-corrected chi connectivity index (χ4v) is 0.454. The molecule has 0 bridgehead atoms. The molecule has 0 spiro atoms. The number of amides is 1. The molecule has 0 aromatic rings. The summed E-state index contributed by atoms with van der Waals surface area (Å²) in [7, 11) is 0. The van der Waals surface area contributed by atoms with Gasteiger partial charge >= 0.3 is 0 Å². The van der Waals surface area contributed by atoms with E-state index in [4.69, 9.17) is 5.73 Å². The Balaban J connectivity index is 4.25. The molecule has 0 heterocycles. The van der Waals surface area contributed by atoms with E-state index in [1.807, 2.05) is 0 Å². The number of aliphatic imine (C=N–C) groups is 1. The van der Waals surface area contributed by atoms with E-state index in [1.54, 1.807) is 13.0 Å². The number of rotatable bonds is 3. The van der Waals surface area contributed by atoms with Crippen molar-refractivity contribution in [2.24, 2.45) is 10.7 Å². The minimum Gasteiger partial charge on any atom is -0.366 e. The minimum absolute atomic E-state index is 0.437. The highest BCUT2D eigenvalue weighted by Gasteiger charge is 1.95. The first kappa shape index (κ1) is 8.62. The van der Waals surface area contributed by atoms with Crippen LogP contribution in [0.1, 0.15) is 6.92 Å². The lowest BCUT2D eigenvalue weighted by Gasteiger charge is -1.89. The first-order chi connectivity index (χ1) is 4.72. The summed E-state index contributed by atoms with van der Waals surface area (Å²) in [5.74, 6) is -0.456. The van der Waals surface area contributed by atoms with Crippen molar-refractivity contribution in [1.29, 1.82) is 0 Å². The van der Waals surface area contributed by atoms with Crippen LogP contribution >= 0.6 is 0 Å². The van der Waals surface area contributed by atoms with Crippen LogP contribution in [0.3, 0.4) is 0 Å². The van der Waals surface area contributed by atoms with Gasteiger partial charge in [-0.25, -0.2) is 0 Å². The normalized spacial score (nSPS) is 11.9. The molecule has 3 heteroatoms. The van der Waals surface area contributed by atoms with Crippen LogP contribution in [0.2, 0.25) is 0 Å². The first-order valence-corrected chi connectivity index (χ1v) is 2.81. The second-order valence-electron chi connectivity index (χ2n) is 1.61. The molecule has 10 heavy (non-hydrogen) atoms. The maximum absolute atomic E-state index is 10.5. The van der Waals surface area contributed by atoms with Crippen LogP contribution in [0, 0.1) is 0 Å². The molecule has 0 saturated heterocycles. The summed E-state index contributed by atoms with van der Waals surface area (Å²) >= 11 is 0. The van der Waals surface area contributed by atoms with E-state index in [-0.39, 0.29) is 0 Å². The van der Waals surface area contributed by atoms with Crippen LogP contribution in [0.25, 0.3) is 0 Å². The van der Waals surface area contributed by atoms with Crippen molar-refractivity contribution in [3.63, 3.8) is 0 Å². The fourth-order valence-electron chi connectivity index (χ4n) is 0.454. The first-order valence-electron chi connectivity index (χ1n) is 2.81. The van der Waals surface area contributed by atoms with Crippen molar-refractivity contribution in [3.05, 3.63) is 23.9 Å². The highest BCUT2D eigenvalue weighted by molar-refractivity contribution is 5.94. The molecular formula is C7H10N2O. The van der Waals surface area contributed by atoms with Crippen molar-refractivity contribution in [2.75, 3.05) is 0 Å². The zero-order valence-corrected chi connectivity index (χ0v) is 5.87. The SMILES string of the molecule is C=N/C=C\C(=C/C)C(N)=O. The van der Waals surface area contributed by atoms with Gasteiger partial charge in [0.1, 0.15) is 0 Å². The zero-order valence-electron chi connectivity index (χ0n) is 5.87. The van der Waals surface area contributed by atoms with Gasteiger partial charge in [-0.2, -0.15) is 0 Å². The van der Waals surface area contributed by atoms with E-state index in [0.717, 1.165) is 0 Å². The predicted molar refractivity (Wildman–Crippen MR) is 41.6 cm³/mol. The summed E-state index contributed by atoms with van der Waals surface area (Å²) in [6.07, 6.45) is 4.54. The standard InChI is InChI=1S/C7H10N2O/c1-3-6(7(8)10)4-5-9-2/h3-5H,2H2,1H3,(H2,8,10)/b5-4-,6-3+. The Morgan fingerprint density at radius 2 is 2.30 bits per heavy atom. The predicted octanol–water partition coefficient (Wildman–Crippen LogP) is 0.632. The molecule has 0 fully saturated rings. The van der Waals surface area contributed by atoms with Crippen LogP contribution in [0.4, 0.5) is 0 Å². The fraction of sp³-hybridized carbons (Fsp3) is 0.143. The van der Waals surface area contributed by atoms with Gasteiger partial charge in [0.15, 0.2) is 0 Å². The van der Waals surface area contributed by atoms with Crippen molar-refractivity contribution in [2.45, 2.75) is 6.92 Å². The molecule has 0 aliphatic rings. The number of hydrogen-bond acceptors (Lipinski definition) is 2. The third kappa shape index (κ3) is 2.81. The molecule has 0 aromatic heterocycles. The Labute approximate surface area is 59.9 Å². The van der Waals surface area contributed by atoms with Crippen molar-refractivity contribution < 1.29 is 4.79 Å². The number of hydrogen-bond donors (Lipinski definition) is 1. The van der Waals surface area contributed by atoms with Crippen LogP contribution in [0.5, 0.6) is 0 Å². The van der Waals surface area contributed by atoms with Gasteiger partial charge in [0.05, 0.1) is 0 Å². The summed E-state index contributed by atoms with van der Waals surface area (Å²) < 4.78 is 0. The van der Waals surface area contributed by atoms with Gasteiger partial charge < -0.3 is 5.73 Å². The van der Waals surface area contributed by atoms with Gasteiger partial charge in [-0.1, -0.05) is 6.08 Å². The largest absolute Gasteiger partial charge is 0.366 e. The van der Waals surface area contributed by atoms with E-state index >= 15 is 0 Å². The van der Waals surface area contributed by atoms with Gasteiger partial charge in [0.2, 0.25) is 5.91 Å². The average Bonchev–Trinajstić information content (AvgIpc) is 1.89. The number of primary amides is 1. The molecule has 0 aliphatic heterocycles. The van der Waals surface area contributed by atoms with E-state index in [2.05, 4.69) is 11.7 Å². The highest BCUT2D eigenvalue weighted by atomic mass is 16.1. The number of nitrogens with two attached hydrogens (primary N) is 1. The van der Waals surface area contributed by atoms with E-state index in [0.29, 0.717) is 5.57 Å². The quantitative estimate of drug-likeness (QED) is 0.347. The Bertz CT molecular complexity index is 192. The highest BCUT2D eigenvalue weighted by Crippen LogP contribution is 1.94. The molecule has 0 rings (SSSR count). The molecule has 0 aliphatic carbocycles. The second-order valence-corrected chi connectivity index (χ2v) is 1.61. The topological polar surface area (TPSA) is 55.4 Å². The lowest BCUT2D eigenvalue weighted by molar-refractivity contribution is -0.114. The Morgan fingerprint density at radius 1 is 1.70 bits per heavy atom.